The zero-order chi connectivity index (χ0) is 22.3. The van der Waals surface area contributed by atoms with Crippen LogP contribution >= 0.6 is 0 Å². The number of likely N-dealkylation sites (tertiary alicyclic amines) is 1. The minimum Gasteiger partial charge on any atom is -0.444 e. The third-order valence-electron chi connectivity index (χ3n) is 5.26. The number of alkyl carbamates (subject to hydrolysis) is 1. The van der Waals surface area contributed by atoms with Gasteiger partial charge in [-0.2, -0.15) is 0 Å². The van der Waals surface area contributed by atoms with Crippen LogP contribution in [0.1, 0.15) is 56.0 Å². The SMILES string of the molecule is CC(C)(C)OC(=O)NCC1CCCCN1Cc1ccc(C(=O)Nc2ccccc2)cc1. The summed E-state index contributed by atoms with van der Waals surface area (Å²) in [4.78, 5) is 26.9. The average Bonchev–Trinajstić information content (AvgIpc) is 2.73. The van der Waals surface area contributed by atoms with Gasteiger partial charge >= 0.3 is 6.09 Å². The van der Waals surface area contributed by atoms with E-state index in [0.29, 0.717) is 12.1 Å². The molecule has 0 aliphatic carbocycles. The summed E-state index contributed by atoms with van der Waals surface area (Å²) in [5.74, 6) is -0.116. The largest absolute Gasteiger partial charge is 0.444 e. The fraction of sp³-hybridized carbons (Fsp3) is 0.440. The van der Waals surface area contributed by atoms with Gasteiger partial charge in [0, 0.05) is 30.4 Å². The number of amides is 2. The molecule has 166 valence electrons. The van der Waals surface area contributed by atoms with Crippen LogP contribution in [0.15, 0.2) is 54.6 Å². The van der Waals surface area contributed by atoms with E-state index in [2.05, 4.69) is 15.5 Å². The molecule has 1 heterocycles. The minimum atomic E-state index is -0.495. The average molecular weight is 424 g/mol. The predicted molar refractivity (Wildman–Crippen MR) is 123 cm³/mol. The van der Waals surface area contributed by atoms with Crippen molar-refractivity contribution in [1.82, 2.24) is 10.2 Å². The molecule has 0 saturated carbocycles. The van der Waals surface area contributed by atoms with Crippen LogP contribution in [-0.2, 0) is 11.3 Å². The molecule has 2 amide bonds. The summed E-state index contributed by atoms with van der Waals surface area (Å²) in [6, 6.07) is 17.5. The molecule has 2 N–H and O–H groups in total. The Hall–Kier alpha value is -2.86. The molecule has 1 fully saturated rings. The van der Waals surface area contributed by atoms with Crippen molar-refractivity contribution in [3.63, 3.8) is 0 Å². The highest BCUT2D eigenvalue weighted by Gasteiger charge is 2.24. The Labute approximate surface area is 185 Å². The highest BCUT2D eigenvalue weighted by atomic mass is 16.6. The molecule has 1 unspecified atom stereocenters. The minimum absolute atomic E-state index is 0.116. The first-order chi connectivity index (χ1) is 14.8. The number of hydrogen-bond acceptors (Lipinski definition) is 4. The number of rotatable bonds is 6. The van der Waals surface area contributed by atoms with Crippen LogP contribution in [0.25, 0.3) is 0 Å². The second kappa shape index (κ2) is 10.4. The molecule has 0 radical (unpaired) electrons. The van der Waals surface area contributed by atoms with E-state index < -0.39 is 5.60 Å². The molecule has 1 saturated heterocycles. The number of carbonyl (C=O) groups excluding carboxylic acids is 2. The first-order valence-corrected chi connectivity index (χ1v) is 11.0. The van der Waals surface area contributed by atoms with Gasteiger partial charge in [0.05, 0.1) is 0 Å². The lowest BCUT2D eigenvalue weighted by atomic mass is 10.0. The zero-order valence-electron chi connectivity index (χ0n) is 18.7. The summed E-state index contributed by atoms with van der Waals surface area (Å²) < 4.78 is 5.35. The Morgan fingerprint density at radius 3 is 2.42 bits per heavy atom. The summed E-state index contributed by atoms with van der Waals surface area (Å²) in [7, 11) is 0. The Morgan fingerprint density at radius 1 is 1.03 bits per heavy atom. The number of piperidine rings is 1. The van der Waals surface area contributed by atoms with E-state index >= 15 is 0 Å². The molecule has 3 rings (SSSR count). The number of para-hydroxylation sites is 1. The van der Waals surface area contributed by atoms with E-state index in [0.717, 1.165) is 43.6 Å². The van der Waals surface area contributed by atoms with E-state index in [1.807, 2.05) is 75.4 Å². The number of benzene rings is 2. The van der Waals surface area contributed by atoms with Gasteiger partial charge in [-0.25, -0.2) is 4.79 Å². The number of hydrogen-bond donors (Lipinski definition) is 2. The molecular formula is C25H33N3O3. The Morgan fingerprint density at radius 2 is 1.74 bits per heavy atom. The van der Waals surface area contributed by atoms with Crippen molar-refractivity contribution in [3.8, 4) is 0 Å². The highest BCUT2D eigenvalue weighted by molar-refractivity contribution is 6.04. The van der Waals surface area contributed by atoms with Crippen molar-refractivity contribution < 1.29 is 14.3 Å². The fourth-order valence-electron chi connectivity index (χ4n) is 3.74. The second-order valence-corrected chi connectivity index (χ2v) is 9.02. The molecule has 31 heavy (non-hydrogen) atoms. The molecule has 0 aromatic heterocycles. The van der Waals surface area contributed by atoms with Gasteiger partial charge in [0.15, 0.2) is 0 Å². The first-order valence-electron chi connectivity index (χ1n) is 11.0. The topological polar surface area (TPSA) is 70.7 Å². The predicted octanol–water partition coefficient (Wildman–Crippen LogP) is 4.82. The lowest BCUT2D eigenvalue weighted by Gasteiger charge is -2.36. The summed E-state index contributed by atoms with van der Waals surface area (Å²) in [6.45, 7) is 7.96. The van der Waals surface area contributed by atoms with Gasteiger partial charge in [-0.15, -0.1) is 0 Å². The van der Waals surface area contributed by atoms with Crippen molar-refractivity contribution in [3.05, 3.63) is 65.7 Å². The van der Waals surface area contributed by atoms with Gasteiger partial charge in [-0.1, -0.05) is 36.8 Å². The molecule has 2 aromatic carbocycles. The molecule has 0 bridgehead atoms. The number of anilines is 1. The van der Waals surface area contributed by atoms with Crippen LogP contribution in [0.4, 0.5) is 10.5 Å². The van der Waals surface area contributed by atoms with Crippen molar-refractivity contribution in [2.75, 3.05) is 18.4 Å². The van der Waals surface area contributed by atoms with Crippen LogP contribution in [0.3, 0.4) is 0 Å². The van der Waals surface area contributed by atoms with E-state index in [4.69, 9.17) is 4.74 Å². The fourth-order valence-corrected chi connectivity index (χ4v) is 3.74. The Bertz CT molecular complexity index is 860. The quantitative estimate of drug-likeness (QED) is 0.699. The van der Waals surface area contributed by atoms with Crippen molar-refractivity contribution in [1.29, 1.82) is 0 Å². The van der Waals surface area contributed by atoms with Crippen LogP contribution in [0.2, 0.25) is 0 Å². The Balaban J connectivity index is 1.54. The molecule has 1 atom stereocenters. The smallest absolute Gasteiger partial charge is 0.407 e. The maximum atomic E-state index is 12.4. The number of nitrogens with zero attached hydrogens (tertiary/aromatic N) is 1. The van der Waals surface area contributed by atoms with Crippen molar-refractivity contribution >= 4 is 17.7 Å². The van der Waals surface area contributed by atoms with E-state index in [9.17, 15) is 9.59 Å². The standard InChI is InChI=1S/C25H33N3O3/c1-25(2,3)31-24(30)26-17-22-11-7-8-16-28(22)18-19-12-14-20(15-13-19)23(29)27-21-9-5-4-6-10-21/h4-6,9-10,12-15,22H,7-8,11,16-18H2,1-3H3,(H,26,30)(H,27,29). The number of carbonyl (C=O) groups is 2. The molecule has 6 heteroatoms. The van der Waals surface area contributed by atoms with Crippen LogP contribution in [0.5, 0.6) is 0 Å². The third-order valence-corrected chi connectivity index (χ3v) is 5.26. The highest BCUT2D eigenvalue weighted by Crippen LogP contribution is 2.20. The molecule has 1 aliphatic heterocycles. The lowest BCUT2D eigenvalue weighted by Crippen LogP contribution is -2.47. The molecular weight excluding hydrogens is 390 g/mol. The second-order valence-electron chi connectivity index (χ2n) is 9.02. The van der Waals surface area contributed by atoms with Gasteiger partial charge in [0.25, 0.3) is 5.91 Å². The molecule has 1 aliphatic rings. The van der Waals surface area contributed by atoms with Gasteiger partial charge in [0.2, 0.25) is 0 Å². The van der Waals surface area contributed by atoms with Gasteiger partial charge in [-0.3, -0.25) is 9.69 Å². The maximum absolute atomic E-state index is 12.4. The van der Waals surface area contributed by atoms with Crippen LogP contribution in [-0.4, -0.2) is 41.6 Å². The first kappa shape index (κ1) is 22.8. The lowest BCUT2D eigenvalue weighted by molar-refractivity contribution is 0.0492. The summed E-state index contributed by atoms with van der Waals surface area (Å²) in [5.41, 5.74) is 2.07. The third kappa shape index (κ3) is 7.40. The molecule has 0 spiro atoms. The summed E-state index contributed by atoms with van der Waals surface area (Å²) in [5, 5.41) is 5.82. The van der Waals surface area contributed by atoms with Crippen LogP contribution < -0.4 is 10.6 Å². The molecule has 6 nitrogen and oxygen atoms in total. The van der Waals surface area contributed by atoms with Gasteiger partial charge in [0.1, 0.15) is 5.60 Å². The Kier molecular flexibility index (Phi) is 7.69. The summed E-state index contributed by atoms with van der Waals surface area (Å²) >= 11 is 0. The van der Waals surface area contributed by atoms with Gasteiger partial charge < -0.3 is 15.4 Å². The van der Waals surface area contributed by atoms with E-state index in [-0.39, 0.29) is 18.0 Å². The van der Waals surface area contributed by atoms with E-state index in [1.165, 1.54) is 0 Å². The maximum Gasteiger partial charge on any atom is 0.407 e. The van der Waals surface area contributed by atoms with Crippen LogP contribution in [0, 0.1) is 0 Å². The normalized spacial score (nSPS) is 17.1. The van der Waals surface area contributed by atoms with E-state index in [1.54, 1.807) is 0 Å². The molecule has 2 aromatic rings. The zero-order valence-corrected chi connectivity index (χ0v) is 18.7. The van der Waals surface area contributed by atoms with Crippen molar-refractivity contribution in [2.45, 2.75) is 58.2 Å². The summed E-state index contributed by atoms with van der Waals surface area (Å²) in [6.07, 6.45) is 3.00. The monoisotopic (exact) mass is 423 g/mol. The van der Waals surface area contributed by atoms with Crippen molar-refractivity contribution in [2.24, 2.45) is 0 Å². The van der Waals surface area contributed by atoms with Gasteiger partial charge in [-0.05, 0) is 70.0 Å². The number of ether oxygens (including phenoxy) is 1. The number of nitrogens with one attached hydrogen (secondary N) is 2.